The van der Waals surface area contributed by atoms with Crippen molar-refractivity contribution in [1.29, 1.82) is 0 Å². The van der Waals surface area contributed by atoms with E-state index in [1.165, 1.54) is 16.7 Å². The van der Waals surface area contributed by atoms with Crippen molar-refractivity contribution in [3.05, 3.63) is 137 Å². The summed E-state index contributed by atoms with van der Waals surface area (Å²) in [7, 11) is -3.96. The summed E-state index contributed by atoms with van der Waals surface area (Å²) in [5, 5.41) is 3.67. The van der Waals surface area contributed by atoms with Gasteiger partial charge in [0.05, 0.1) is 17.0 Å². The van der Waals surface area contributed by atoms with Gasteiger partial charge in [-0.25, -0.2) is 8.42 Å². The van der Waals surface area contributed by atoms with E-state index in [9.17, 15) is 8.42 Å². The first-order valence-corrected chi connectivity index (χ1v) is 15.0. The third-order valence-electron chi connectivity index (χ3n) is 7.31. The maximum atomic E-state index is 13.8. The minimum absolute atomic E-state index is 0.178. The zero-order valence-corrected chi connectivity index (χ0v) is 23.9. The van der Waals surface area contributed by atoms with E-state index in [-0.39, 0.29) is 10.9 Å². The molecule has 6 heteroatoms. The molecular weight excluding hydrogens is 502 g/mol. The zero-order valence-electron chi connectivity index (χ0n) is 23.0. The van der Waals surface area contributed by atoms with Crippen molar-refractivity contribution < 1.29 is 8.42 Å². The molecule has 0 aliphatic carbocycles. The van der Waals surface area contributed by atoms with Crippen LogP contribution >= 0.6 is 0 Å². The van der Waals surface area contributed by atoms with Gasteiger partial charge in [-0.15, -0.1) is 4.41 Å². The zero-order chi connectivity index (χ0) is 27.8. The Kier molecular flexibility index (Phi) is 9.70. The number of hydrogen-bond acceptors (Lipinski definition) is 4. The van der Waals surface area contributed by atoms with Gasteiger partial charge in [0.2, 0.25) is 0 Å². The molecule has 0 aromatic heterocycles. The Labute approximate surface area is 233 Å². The van der Waals surface area contributed by atoms with Crippen molar-refractivity contribution in [3.63, 3.8) is 0 Å². The van der Waals surface area contributed by atoms with E-state index in [0.717, 1.165) is 46.9 Å². The number of unbranched alkanes of at least 4 members (excludes halogenated alkanes) is 1. The predicted octanol–water partition coefficient (Wildman–Crippen LogP) is 6.57. The first-order valence-electron chi connectivity index (χ1n) is 13.5. The summed E-state index contributed by atoms with van der Waals surface area (Å²) in [5.41, 5.74) is 6.77. The van der Waals surface area contributed by atoms with Gasteiger partial charge in [0.15, 0.2) is 0 Å². The molecule has 0 heterocycles. The van der Waals surface area contributed by atoms with Crippen LogP contribution in [0.1, 0.15) is 58.3 Å². The molecule has 0 saturated carbocycles. The third-order valence-corrected chi connectivity index (χ3v) is 8.96. The summed E-state index contributed by atoms with van der Waals surface area (Å²) >= 11 is 0. The van der Waals surface area contributed by atoms with E-state index in [0.29, 0.717) is 0 Å². The Morgan fingerprint density at radius 1 is 0.744 bits per heavy atom. The van der Waals surface area contributed by atoms with E-state index in [4.69, 9.17) is 5.84 Å². The lowest BCUT2D eigenvalue weighted by molar-refractivity contribution is 0.261. The molecular formula is C33H39N3O2S. The SMILES string of the molecule is Cc1ccc(S(=O)(=O)N(N)[C@@H](c2ccccc2)[C@H](NCCCCc2ccc(C)c(C)c2)c2ccccc2)cc1. The average Bonchev–Trinajstić information content (AvgIpc) is 2.95. The molecule has 0 amide bonds. The standard InChI is InChI=1S/C33H39N3O2S/c1-25-17-21-31(22-18-25)39(37,38)36(34)33(30-15-8-5-9-16-30)32(29-13-6-4-7-14-29)35-23-11-10-12-28-20-19-26(2)27(3)24-28/h4-9,13-22,24,32-33,35H,10-12,23,34H2,1-3H3/t32-,33+/m1/s1. The number of benzene rings is 4. The average molecular weight is 542 g/mol. The second-order valence-electron chi connectivity index (χ2n) is 10.2. The van der Waals surface area contributed by atoms with Crippen molar-refractivity contribution in [2.75, 3.05) is 6.54 Å². The fourth-order valence-electron chi connectivity index (χ4n) is 4.86. The van der Waals surface area contributed by atoms with Crippen LogP contribution in [0.4, 0.5) is 0 Å². The molecule has 4 aromatic carbocycles. The van der Waals surface area contributed by atoms with Crippen LogP contribution in [-0.2, 0) is 16.4 Å². The minimum Gasteiger partial charge on any atom is -0.308 e. The van der Waals surface area contributed by atoms with Crippen LogP contribution in [0.25, 0.3) is 0 Å². The van der Waals surface area contributed by atoms with Crippen molar-refractivity contribution in [3.8, 4) is 0 Å². The second-order valence-corrected chi connectivity index (χ2v) is 12.1. The smallest absolute Gasteiger partial charge is 0.256 e. The molecule has 0 aliphatic rings. The molecule has 3 N–H and O–H groups in total. The molecule has 204 valence electrons. The van der Waals surface area contributed by atoms with Crippen molar-refractivity contribution in [2.45, 2.75) is 57.0 Å². The van der Waals surface area contributed by atoms with Crippen LogP contribution in [0.15, 0.2) is 108 Å². The Balaban J connectivity index is 1.59. The van der Waals surface area contributed by atoms with Gasteiger partial charge in [0.25, 0.3) is 10.0 Å². The van der Waals surface area contributed by atoms with Crippen LogP contribution in [0.3, 0.4) is 0 Å². The van der Waals surface area contributed by atoms with Crippen LogP contribution < -0.4 is 11.2 Å². The number of sulfonamides is 1. The van der Waals surface area contributed by atoms with Crippen LogP contribution in [0.2, 0.25) is 0 Å². The van der Waals surface area contributed by atoms with Gasteiger partial charge in [0, 0.05) is 0 Å². The molecule has 0 radical (unpaired) electrons. The normalized spacial score (nSPS) is 13.4. The Hall–Kier alpha value is -3.29. The van der Waals surface area contributed by atoms with E-state index in [1.807, 2.05) is 67.6 Å². The number of nitrogens with two attached hydrogens (primary N) is 1. The van der Waals surface area contributed by atoms with Crippen LogP contribution in [0, 0.1) is 20.8 Å². The monoisotopic (exact) mass is 541 g/mol. The van der Waals surface area contributed by atoms with Gasteiger partial charge in [-0.2, -0.15) is 0 Å². The summed E-state index contributed by atoms with van der Waals surface area (Å²) in [4.78, 5) is 0.178. The van der Waals surface area contributed by atoms with Crippen molar-refractivity contribution >= 4 is 10.0 Å². The lowest BCUT2D eigenvalue weighted by atomic mass is 9.93. The first-order chi connectivity index (χ1) is 18.8. The van der Waals surface area contributed by atoms with Gasteiger partial charge < -0.3 is 5.32 Å². The fraction of sp³-hybridized carbons (Fsp3) is 0.273. The van der Waals surface area contributed by atoms with E-state index < -0.39 is 16.1 Å². The predicted molar refractivity (Wildman–Crippen MR) is 160 cm³/mol. The molecule has 0 bridgehead atoms. The Morgan fingerprint density at radius 2 is 1.36 bits per heavy atom. The molecule has 4 aromatic rings. The van der Waals surface area contributed by atoms with E-state index in [1.54, 1.807) is 24.3 Å². The summed E-state index contributed by atoms with van der Waals surface area (Å²) in [6.45, 7) is 6.94. The molecule has 0 fully saturated rings. The summed E-state index contributed by atoms with van der Waals surface area (Å²) in [5.74, 6) is 6.57. The summed E-state index contributed by atoms with van der Waals surface area (Å²) in [6.07, 6.45) is 2.99. The fourth-order valence-corrected chi connectivity index (χ4v) is 6.13. The van der Waals surface area contributed by atoms with E-state index in [2.05, 4.69) is 37.4 Å². The largest absolute Gasteiger partial charge is 0.308 e. The molecule has 0 saturated heterocycles. The molecule has 4 rings (SSSR count). The first kappa shape index (κ1) is 28.7. The van der Waals surface area contributed by atoms with Gasteiger partial charge in [-0.1, -0.05) is 96.6 Å². The molecule has 39 heavy (non-hydrogen) atoms. The lowest BCUT2D eigenvalue weighted by Crippen LogP contribution is -2.46. The lowest BCUT2D eigenvalue weighted by Gasteiger charge is -2.35. The van der Waals surface area contributed by atoms with Gasteiger partial charge in [0.1, 0.15) is 0 Å². The second kappa shape index (κ2) is 13.2. The quantitative estimate of drug-likeness (QED) is 0.121. The molecule has 0 spiro atoms. The van der Waals surface area contributed by atoms with Gasteiger partial charge in [-0.05, 0) is 86.5 Å². The number of nitrogens with one attached hydrogen (secondary N) is 1. The maximum absolute atomic E-state index is 13.8. The highest BCUT2D eigenvalue weighted by atomic mass is 32.2. The highest BCUT2D eigenvalue weighted by Gasteiger charge is 2.36. The maximum Gasteiger partial charge on any atom is 0.256 e. The van der Waals surface area contributed by atoms with Crippen LogP contribution in [-0.4, -0.2) is 19.4 Å². The van der Waals surface area contributed by atoms with Crippen molar-refractivity contribution in [2.24, 2.45) is 5.84 Å². The summed E-state index contributed by atoms with van der Waals surface area (Å²) < 4.78 is 28.5. The highest BCUT2D eigenvalue weighted by Crippen LogP contribution is 2.36. The topological polar surface area (TPSA) is 75.4 Å². The molecule has 5 nitrogen and oxygen atoms in total. The molecule has 2 atom stereocenters. The highest BCUT2D eigenvalue weighted by molar-refractivity contribution is 7.89. The number of nitrogens with zero attached hydrogens (tertiary/aromatic N) is 1. The number of hydrogen-bond donors (Lipinski definition) is 2. The molecule has 0 aliphatic heterocycles. The third kappa shape index (κ3) is 7.22. The van der Waals surface area contributed by atoms with E-state index >= 15 is 0 Å². The Bertz CT molecular complexity index is 1440. The number of rotatable bonds is 12. The van der Waals surface area contributed by atoms with Crippen LogP contribution in [0.5, 0.6) is 0 Å². The Morgan fingerprint density at radius 3 is 1.97 bits per heavy atom. The van der Waals surface area contributed by atoms with Gasteiger partial charge in [-0.3, -0.25) is 5.84 Å². The number of aryl methyl sites for hydroxylation is 4. The number of hydrazine groups is 1. The minimum atomic E-state index is -3.96. The summed E-state index contributed by atoms with van der Waals surface area (Å²) in [6, 6.07) is 32.1. The van der Waals surface area contributed by atoms with Crippen molar-refractivity contribution in [1.82, 2.24) is 9.73 Å². The van der Waals surface area contributed by atoms with Gasteiger partial charge >= 0.3 is 0 Å². The molecule has 0 unspecified atom stereocenters.